The van der Waals surface area contributed by atoms with Gasteiger partial charge in [0, 0.05) is 45.8 Å². The second-order valence-corrected chi connectivity index (χ2v) is 7.27. The van der Waals surface area contributed by atoms with E-state index in [2.05, 4.69) is 62.3 Å². The summed E-state index contributed by atoms with van der Waals surface area (Å²) in [5.41, 5.74) is 2.66. The number of benzene rings is 1. The molecule has 5 heteroatoms. The Kier molecular flexibility index (Phi) is 11.2. The van der Waals surface area contributed by atoms with Crippen molar-refractivity contribution < 1.29 is 4.74 Å². The van der Waals surface area contributed by atoms with Crippen molar-refractivity contribution in [1.29, 1.82) is 0 Å². The highest BCUT2D eigenvalue weighted by molar-refractivity contribution is 14.0. The summed E-state index contributed by atoms with van der Waals surface area (Å²) in [6, 6.07) is 8.80. The number of rotatable bonds is 7. The number of ether oxygens (including phenoxy) is 1. The summed E-state index contributed by atoms with van der Waals surface area (Å²) < 4.78 is 5.46. The first-order valence-corrected chi connectivity index (χ1v) is 9.74. The Balaban J connectivity index is 0.00000338. The van der Waals surface area contributed by atoms with E-state index in [9.17, 15) is 0 Å². The number of nitrogens with one attached hydrogen (secondary N) is 1. The van der Waals surface area contributed by atoms with Crippen LogP contribution in [-0.2, 0) is 4.74 Å². The van der Waals surface area contributed by atoms with Gasteiger partial charge in [-0.1, -0.05) is 36.8 Å². The molecule has 0 bridgehead atoms. The van der Waals surface area contributed by atoms with Crippen molar-refractivity contribution in [3.63, 3.8) is 0 Å². The van der Waals surface area contributed by atoms with Gasteiger partial charge in [0.15, 0.2) is 5.96 Å². The summed E-state index contributed by atoms with van der Waals surface area (Å²) in [5.74, 6) is 2.25. The summed E-state index contributed by atoms with van der Waals surface area (Å²) in [4.78, 5) is 7.16. The summed E-state index contributed by atoms with van der Waals surface area (Å²) >= 11 is 0. The van der Waals surface area contributed by atoms with Gasteiger partial charge in [0.25, 0.3) is 0 Å². The molecule has 1 atom stereocenters. The van der Waals surface area contributed by atoms with Crippen molar-refractivity contribution in [2.75, 3.05) is 39.9 Å². The topological polar surface area (TPSA) is 36.9 Å². The molecule has 148 valence electrons. The number of nitrogens with zero attached hydrogens (tertiary/aromatic N) is 2. The maximum absolute atomic E-state index is 5.46. The molecule has 0 aromatic heterocycles. The van der Waals surface area contributed by atoms with E-state index in [0.29, 0.717) is 5.92 Å². The smallest absolute Gasteiger partial charge is 0.193 e. The standard InChI is InChI=1S/C21H35N3O.HI/c1-5-22-21(24(4)13-10-19-11-14-25-15-12-19)23-16-18(3)20-8-6-17(2)7-9-20;/h6-9,18-19H,5,10-16H2,1-4H3,(H,22,23);1H. The summed E-state index contributed by atoms with van der Waals surface area (Å²) in [5, 5.41) is 3.44. The zero-order chi connectivity index (χ0) is 18.1. The molecule has 1 fully saturated rings. The molecule has 0 aliphatic carbocycles. The number of aliphatic imine (C=N–C) groups is 1. The molecule has 1 aromatic rings. The molecule has 0 amide bonds. The normalized spacial score (nSPS) is 16.7. The maximum Gasteiger partial charge on any atom is 0.193 e. The van der Waals surface area contributed by atoms with Crippen LogP contribution in [0.25, 0.3) is 0 Å². The first kappa shape index (κ1) is 23.2. The van der Waals surface area contributed by atoms with Crippen molar-refractivity contribution in [2.24, 2.45) is 10.9 Å². The van der Waals surface area contributed by atoms with Gasteiger partial charge < -0.3 is 15.0 Å². The van der Waals surface area contributed by atoms with E-state index in [4.69, 9.17) is 9.73 Å². The van der Waals surface area contributed by atoms with Crippen LogP contribution in [0.2, 0.25) is 0 Å². The molecule has 1 aliphatic heterocycles. The Labute approximate surface area is 176 Å². The lowest BCUT2D eigenvalue weighted by Crippen LogP contribution is -2.40. The Morgan fingerprint density at radius 3 is 2.54 bits per heavy atom. The maximum atomic E-state index is 5.46. The average Bonchev–Trinajstić information content (AvgIpc) is 2.64. The van der Waals surface area contributed by atoms with Gasteiger partial charge in [-0.3, -0.25) is 4.99 Å². The molecule has 1 N–H and O–H groups in total. The van der Waals surface area contributed by atoms with E-state index in [1.165, 1.54) is 30.4 Å². The van der Waals surface area contributed by atoms with Crippen molar-refractivity contribution in [3.05, 3.63) is 35.4 Å². The average molecular weight is 473 g/mol. The lowest BCUT2D eigenvalue weighted by Gasteiger charge is -2.27. The minimum Gasteiger partial charge on any atom is -0.381 e. The van der Waals surface area contributed by atoms with Crippen molar-refractivity contribution in [1.82, 2.24) is 10.2 Å². The molecule has 1 saturated heterocycles. The Bertz CT molecular complexity index is 527. The predicted octanol–water partition coefficient (Wildman–Crippen LogP) is 4.43. The quantitative estimate of drug-likeness (QED) is 0.362. The third-order valence-electron chi connectivity index (χ3n) is 5.07. The minimum atomic E-state index is 0. The van der Waals surface area contributed by atoms with Gasteiger partial charge >= 0.3 is 0 Å². The number of hydrogen-bond acceptors (Lipinski definition) is 2. The highest BCUT2D eigenvalue weighted by Gasteiger charge is 2.15. The number of halogens is 1. The van der Waals surface area contributed by atoms with Gasteiger partial charge in [0.05, 0.1) is 0 Å². The van der Waals surface area contributed by atoms with Crippen LogP contribution in [0, 0.1) is 12.8 Å². The van der Waals surface area contributed by atoms with Crippen molar-refractivity contribution in [2.45, 2.75) is 46.0 Å². The molecule has 1 aliphatic rings. The summed E-state index contributed by atoms with van der Waals surface area (Å²) in [7, 11) is 2.15. The van der Waals surface area contributed by atoms with Gasteiger partial charge in [-0.05, 0) is 44.6 Å². The molecule has 1 heterocycles. The zero-order valence-corrected chi connectivity index (χ0v) is 19.2. The summed E-state index contributed by atoms with van der Waals surface area (Å²) in [6.45, 7) is 11.1. The lowest BCUT2D eigenvalue weighted by atomic mass is 9.96. The highest BCUT2D eigenvalue weighted by Crippen LogP contribution is 2.19. The van der Waals surface area contributed by atoms with Crippen LogP contribution in [0.3, 0.4) is 0 Å². The molecule has 0 saturated carbocycles. The Hall–Kier alpha value is -0.820. The monoisotopic (exact) mass is 473 g/mol. The van der Waals surface area contributed by atoms with Crippen molar-refractivity contribution >= 4 is 29.9 Å². The second-order valence-electron chi connectivity index (χ2n) is 7.27. The number of guanidine groups is 1. The Morgan fingerprint density at radius 2 is 1.92 bits per heavy atom. The van der Waals surface area contributed by atoms with Crippen LogP contribution in [0.5, 0.6) is 0 Å². The van der Waals surface area contributed by atoms with E-state index < -0.39 is 0 Å². The molecule has 1 aromatic carbocycles. The minimum absolute atomic E-state index is 0. The molecular weight excluding hydrogens is 437 g/mol. The third kappa shape index (κ3) is 7.82. The van der Waals surface area contributed by atoms with E-state index in [1.807, 2.05) is 0 Å². The van der Waals surface area contributed by atoms with Crippen LogP contribution >= 0.6 is 24.0 Å². The molecule has 26 heavy (non-hydrogen) atoms. The van der Waals surface area contributed by atoms with E-state index in [1.54, 1.807) is 0 Å². The van der Waals surface area contributed by atoms with Gasteiger partial charge in [0.2, 0.25) is 0 Å². The molecule has 2 rings (SSSR count). The molecular formula is C21H36IN3O. The fraction of sp³-hybridized carbons (Fsp3) is 0.667. The van der Waals surface area contributed by atoms with E-state index in [-0.39, 0.29) is 24.0 Å². The SMILES string of the molecule is CCNC(=NCC(C)c1ccc(C)cc1)N(C)CCC1CCOCC1.I. The van der Waals surface area contributed by atoms with Gasteiger partial charge in [-0.25, -0.2) is 0 Å². The molecule has 0 radical (unpaired) electrons. The van der Waals surface area contributed by atoms with Crippen LogP contribution in [0.1, 0.15) is 50.2 Å². The lowest BCUT2D eigenvalue weighted by molar-refractivity contribution is 0.0625. The van der Waals surface area contributed by atoms with Gasteiger partial charge in [-0.15, -0.1) is 24.0 Å². The molecule has 0 spiro atoms. The molecule has 4 nitrogen and oxygen atoms in total. The van der Waals surface area contributed by atoms with Crippen LogP contribution < -0.4 is 5.32 Å². The molecule has 1 unspecified atom stereocenters. The van der Waals surface area contributed by atoms with Crippen LogP contribution in [0.15, 0.2) is 29.3 Å². The third-order valence-corrected chi connectivity index (χ3v) is 5.07. The number of hydrogen-bond donors (Lipinski definition) is 1. The number of aryl methyl sites for hydroxylation is 1. The summed E-state index contributed by atoms with van der Waals surface area (Å²) in [6.07, 6.45) is 3.62. The van der Waals surface area contributed by atoms with E-state index >= 15 is 0 Å². The first-order chi connectivity index (χ1) is 12.1. The second kappa shape index (κ2) is 12.5. The fourth-order valence-corrected chi connectivity index (χ4v) is 3.21. The van der Waals surface area contributed by atoms with Crippen LogP contribution in [0.4, 0.5) is 0 Å². The zero-order valence-electron chi connectivity index (χ0n) is 16.8. The highest BCUT2D eigenvalue weighted by atomic mass is 127. The first-order valence-electron chi connectivity index (χ1n) is 9.74. The van der Waals surface area contributed by atoms with Gasteiger partial charge in [-0.2, -0.15) is 0 Å². The van der Waals surface area contributed by atoms with Crippen molar-refractivity contribution in [3.8, 4) is 0 Å². The van der Waals surface area contributed by atoms with E-state index in [0.717, 1.165) is 44.7 Å². The van der Waals surface area contributed by atoms with Crippen LogP contribution in [-0.4, -0.2) is 50.8 Å². The fourth-order valence-electron chi connectivity index (χ4n) is 3.21. The van der Waals surface area contributed by atoms with Gasteiger partial charge in [0.1, 0.15) is 0 Å². The predicted molar refractivity (Wildman–Crippen MR) is 122 cm³/mol. The Morgan fingerprint density at radius 1 is 1.27 bits per heavy atom. The largest absolute Gasteiger partial charge is 0.381 e.